The van der Waals surface area contributed by atoms with Crippen molar-refractivity contribution in [3.63, 3.8) is 0 Å². The average Bonchev–Trinajstić information content (AvgIpc) is 2.27. The Balaban J connectivity index is 1.98. The lowest BCUT2D eigenvalue weighted by Gasteiger charge is -2.44. The van der Waals surface area contributed by atoms with E-state index >= 15 is 0 Å². The lowest BCUT2D eigenvalue weighted by molar-refractivity contribution is -0.120. The van der Waals surface area contributed by atoms with Crippen LogP contribution in [0.15, 0.2) is 0 Å². The third-order valence-corrected chi connectivity index (χ3v) is 4.70. The molecule has 2 aliphatic rings. The van der Waals surface area contributed by atoms with E-state index in [1.165, 1.54) is 44.9 Å². The molecule has 92 valence electrons. The van der Waals surface area contributed by atoms with Crippen molar-refractivity contribution in [2.24, 2.45) is 17.8 Å². The summed E-state index contributed by atoms with van der Waals surface area (Å²) >= 11 is 0. The van der Waals surface area contributed by atoms with Crippen LogP contribution in [0.1, 0.15) is 58.8 Å². The molecule has 2 aliphatic carbocycles. The van der Waals surface area contributed by atoms with E-state index in [0.29, 0.717) is 6.04 Å². The summed E-state index contributed by atoms with van der Waals surface area (Å²) in [4.78, 5) is 11.1. The standard InChI is InChI=1S/C14H25NO/c1-10(15-11(2)16)13-9-5-7-12-6-3-4-8-14(12)13/h10,12-14H,3-9H2,1-2H3,(H,15,16)/t10-,12?,13?,14?/m1/s1. The molecule has 0 radical (unpaired) electrons. The average molecular weight is 223 g/mol. The van der Waals surface area contributed by atoms with Crippen molar-refractivity contribution in [2.45, 2.75) is 64.8 Å². The molecule has 1 amide bonds. The van der Waals surface area contributed by atoms with Gasteiger partial charge >= 0.3 is 0 Å². The molecular formula is C14H25NO. The number of amides is 1. The lowest BCUT2D eigenvalue weighted by Crippen LogP contribution is -2.44. The second-order valence-electron chi connectivity index (χ2n) is 5.79. The molecular weight excluding hydrogens is 198 g/mol. The van der Waals surface area contributed by atoms with Crippen molar-refractivity contribution in [3.8, 4) is 0 Å². The number of nitrogens with one attached hydrogen (secondary N) is 1. The SMILES string of the molecule is CC(=O)N[C@H](C)C1CCCC2CCCCC21. The van der Waals surface area contributed by atoms with Crippen LogP contribution in [0.2, 0.25) is 0 Å². The Hall–Kier alpha value is -0.530. The smallest absolute Gasteiger partial charge is 0.217 e. The van der Waals surface area contributed by atoms with Crippen LogP contribution < -0.4 is 5.32 Å². The van der Waals surface area contributed by atoms with Gasteiger partial charge in [0, 0.05) is 13.0 Å². The minimum Gasteiger partial charge on any atom is -0.354 e. The highest BCUT2D eigenvalue weighted by Crippen LogP contribution is 2.44. The molecule has 2 fully saturated rings. The Kier molecular flexibility index (Phi) is 3.88. The predicted molar refractivity (Wildman–Crippen MR) is 66.1 cm³/mol. The minimum absolute atomic E-state index is 0.130. The van der Waals surface area contributed by atoms with E-state index in [0.717, 1.165) is 17.8 Å². The van der Waals surface area contributed by atoms with Crippen LogP contribution in [0.25, 0.3) is 0 Å². The highest BCUT2D eigenvalue weighted by molar-refractivity contribution is 5.73. The van der Waals surface area contributed by atoms with Crippen LogP contribution >= 0.6 is 0 Å². The molecule has 1 N–H and O–H groups in total. The molecule has 4 atom stereocenters. The molecule has 2 nitrogen and oxygen atoms in total. The van der Waals surface area contributed by atoms with Crippen LogP contribution in [0.4, 0.5) is 0 Å². The fourth-order valence-electron chi connectivity index (χ4n) is 4.04. The van der Waals surface area contributed by atoms with Gasteiger partial charge in [0.05, 0.1) is 0 Å². The van der Waals surface area contributed by atoms with Gasteiger partial charge in [-0.25, -0.2) is 0 Å². The summed E-state index contributed by atoms with van der Waals surface area (Å²) in [6, 6.07) is 0.378. The van der Waals surface area contributed by atoms with Crippen LogP contribution in [0, 0.1) is 17.8 Å². The van der Waals surface area contributed by atoms with Gasteiger partial charge in [-0.3, -0.25) is 4.79 Å². The fraction of sp³-hybridized carbons (Fsp3) is 0.929. The molecule has 0 bridgehead atoms. The van der Waals surface area contributed by atoms with E-state index in [9.17, 15) is 4.79 Å². The number of hydrogen-bond donors (Lipinski definition) is 1. The van der Waals surface area contributed by atoms with Gasteiger partial charge < -0.3 is 5.32 Å². The molecule has 2 heteroatoms. The number of hydrogen-bond acceptors (Lipinski definition) is 1. The van der Waals surface area contributed by atoms with Gasteiger partial charge in [0.2, 0.25) is 5.91 Å². The van der Waals surface area contributed by atoms with Crippen molar-refractivity contribution in [3.05, 3.63) is 0 Å². The van der Waals surface area contributed by atoms with Crippen molar-refractivity contribution >= 4 is 5.91 Å². The Bertz CT molecular complexity index is 249. The summed E-state index contributed by atoms with van der Waals surface area (Å²) in [5, 5.41) is 3.11. The first-order chi connectivity index (χ1) is 7.68. The van der Waals surface area contributed by atoms with E-state index in [1.54, 1.807) is 6.92 Å². The largest absolute Gasteiger partial charge is 0.354 e. The highest BCUT2D eigenvalue weighted by Gasteiger charge is 2.37. The second-order valence-corrected chi connectivity index (χ2v) is 5.79. The Labute approximate surface area is 99.2 Å². The highest BCUT2D eigenvalue weighted by atomic mass is 16.1. The first-order valence-corrected chi connectivity index (χ1v) is 6.95. The predicted octanol–water partition coefficient (Wildman–Crippen LogP) is 3.12. The zero-order valence-electron chi connectivity index (χ0n) is 10.7. The number of carbonyl (C=O) groups is 1. The summed E-state index contributed by atoms with van der Waals surface area (Å²) in [6.45, 7) is 3.83. The molecule has 0 aromatic heterocycles. The zero-order valence-corrected chi connectivity index (χ0v) is 10.7. The summed E-state index contributed by atoms with van der Waals surface area (Å²) in [6.07, 6.45) is 9.81. The third-order valence-electron chi connectivity index (χ3n) is 4.70. The molecule has 2 rings (SSSR count). The maximum absolute atomic E-state index is 11.1. The molecule has 3 unspecified atom stereocenters. The number of rotatable bonds is 2. The Morgan fingerprint density at radius 1 is 1.12 bits per heavy atom. The zero-order chi connectivity index (χ0) is 11.5. The van der Waals surface area contributed by atoms with E-state index in [2.05, 4.69) is 12.2 Å². The Morgan fingerprint density at radius 2 is 1.81 bits per heavy atom. The molecule has 0 spiro atoms. The monoisotopic (exact) mass is 223 g/mol. The fourth-order valence-corrected chi connectivity index (χ4v) is 4.04. The third kappa shape index (κ3) is 2.58. The summed E-state index contributed by atoms with van der Waals surface area (Å²) in [5.41, 5.74) is 0. The van der Waals surface area contributed by atoms with Gasteiger partial charge in [0.25, 0.3) is 0 Å². The normalized spacial score (nSPS) is 36.2. The van der Waals surface area contributed by atoms with Gasteiger partial charge in [-0.15, -0.1) is 0 Å². The van der Waals surface area contributed by atoms with Gasteiger partial charge in [0.15, 0.2) is 0 Å². The summed E-state index contributed by atoms with van der Waals surface area (Å²) < 4.78 is 0. The topological polar surface area (TPSA) is 29.1 Å². The van der Waals surface area contributed by atoms with Crippen molar-refractivity contribution < 1.29 is 4.79 Å². The van der Waals surface area contributed by atoms with E-state index < -0.39 is 0 Å². The van der Waals surface area contributed by atoms with Gasteiger partial charge in [-0.1, -0.05) is 32.1 Å². The Morgan fingerprint density at radius 3 is 2.56 bits per heavy atom. The number of carbonyl (C=O) groups excluding carboxylic acids is 1. The molecule has 0 aliphatic heterocycles. The molecule has 2 saturated carbocycles. The number of fused-ring (bicyclic) bond motifs is 1. The molecule has 0 saturated heterocycles. The van der Waals surface area contributed by atoms with E-state index in [1.807, 2.05) is 0 Å². The van der Waals surface area contributed by atoms with Crippen molar-refractivity contribution in [1.29, 1.82) is 0 Å². The van der Waals surface area contributed by atoms with Gasteiger partial charge in [-0.05, 0) is 37.5 Å². The first kappa shape index (κ1) is 11.9. The maximum Gasteiger partial charge on any atom is 0.217 e. The molecule has 0 heterocycles. The summed E-state index contributed by atoms with van der Waals surface area (Å²) in [7, 11) is 0. The van der Waals surface area contributed by atoms with Crippen molar-refractivity contribution in [1.82, 2.24) is 5.32 Å². The maximum atomic E-state index is 11.1. The van der Waals surface area contributed by atoms with Crippen LogP contribution in [-0.2, 0) is 4.79 Å². The van der Waals surface area contributed by atoms with Crippen LogP contribution in [0.3, 0.4) is 0 Å². The molecule has 0 aromatic rings. The molecule has 0 aromatic carbocycles. The minimum atomic E-state index is 0.130. The first-order valence-electron chi connectivity index (χ1n) is 6.95. The quantitative estimate of drug-likeness (QED) is 0.765. The van der Waals surface area contributed by atoms with Crippen LogP contribution in [0.5, 0.6) is 0 Å². The van der Waals surface area contributed by atoms with Gasteiger partial charge in [-0.2, -0.15) is 0 Å². The van der Waals surface area contributed by atoms with E-state index in [4.69, 9.17) is 0 Å². The van der Waals surface area contributed by atoms with Crippen LogP contribution in [-0.4, -0.2) is 11.9 Å². The second kappa shape index (κ2) is 5.20. The lowest BCUT2D eigenvalue weighted by atomic mass is 9.64. The summed E-state index contributed by atoms with van der Waals surface area (Å²) in [5.74, 6) is 2.72. The molecule has 16 heavy (non-hydrogen) atoms. The van der Waals surface area contributed by atoms with E-state index in [-0.39, 0.29) is 5.91 Å². The van der Waals surface area contributed by atoms with Crippen molar-refractivity contribution in [2.75, 3.05) is 0 Å². The van der Waals surface area contributed by atoms with Gasteiger partial charge in [0.1, 0.15) is 0 Å².